The molecule has 3 rings (SSSR count). The summed E-state index contributed by atoms with van der Waals surface area (Å²) in [6.07, 6.45) is 3.44. The van der Waals surface area contributed by atoms with Crippen molar-refractivity contribution >= 4 is 5.69 Å². The lowest BCUT2D eigenvalue weighted by Crippen LogP contribution is -2.34. The molecule has 1 saturated carbocycles. The molecule has 21 heavy (non-hydrogen) atoms. The van der Waals surface area contributed by atoms with Gasteiger partial charge in [-0.05, 0) is 42.9 Å². The third kappa shape index (κ3) is 3.38. The molecule has 0 aromatic heterocycles. The molecule has 2 aromatic rings. The van der Waals surface area contributed by atoms with Crippen molar-refractivity contribution < 1.29 is 4.74 Å². The van der Waals surface area contributed by atoms with Gasteiger partial charge in [0.05, 0.1) is 12.3 Å². The second-order valence-corrected chi connectivity index (χ2v) is 5.76. The summed E-state index contributed by atoms with van der Waals surface area (Å²) in [5.41, 5.74) is 2.59. The van der Waals surface area contributed by atoms with Crippen molar-refractivity contribution in [2.24, 2.45) is 0 Å². The van der Waals surface area contributed by atoms with Crippen molar-refractivity contribution in [3.8, 4) is 5.75 Å². The molecule has 0 heterocycles. The van der Waals surface area contributed by atoms with Gasteiger partial charge in [-0.3, -0.25) is 0 Å². The predicted octanol–water partition coefficient (Wildman–Crippen LogP) is 4.83. The van der Waals surface area contributed by atoms with Gasteiger partial charge in [0, 0.05) is 6.04 Å². The Morgan fingerprint density at radius 3 is 2.48 bits per heavy atom. The molecular weight excluding hydrogens is 258 g/mol. The Morgan fingerprint density at radius 2 is 1.71 bits per heavy atom. The third-order valence-electron chi connectivity index (χ3n) is 4.12. The number of rotatable bonds is 6. The maximum absolute atomic E-state index is 5.80. The summed E-state index contributed by atoms with van der Waals surface area (Å²) in [5, 5.41) is 3.63. The average molecular weight is 281 g/mol. The molecule has 0 saturated heterocycles. The normalized spacial score (nSPS) is 20.6. The molecule has 1 N–H and O–H groups in total. The van der Waals surface area contributed by atoms with Gasteiger partial charge in [-0.1, -0.05) is 49.4 Å². The molecule has 2 aromatic carbocycles. The highest BCUT2D eigenvalue weighted by Crippen LogP contribution is 2.39. The van der Waals surface area contributed by atoms with Gasteiger partial charge < -0.3 is 10.1 Å². The second-order valence-electron chi connectivity index (χ2n) is 5.76. The number of hydrogen-bond donors (Lipinski definition) is 1. The lowest BCUT2D eigenvalue weighted by Gasteiger charge is -2.37. The Morgan fingerprint density at radius 1 is 1.00 bits per heavy atom. The molecule has 0 aliphatic heterocycles. The van der Waals surface area contributed by atoms with Gasteiger partial charge in [-0.15, -0.1) is 0 Å². The molecule has 2 heteroatoms. The minimum atomic E-state index is 0.557. The van der Waals surface area contributed by atoms with E-state index >= 15 is 0 Å². The van der Waals surface area contributed by atoms with Crippen LogP contribution in [0.25, 0.3) is 0 Å². The van der Waals surface area contributed by atoms with Gasteiger partial charge in [-0.2, -0.15) is 0 Å². The number of anilines is 1. The summed E-state index contributed by atoms with van der Waals surface area (Å²) in [4.78, 5) is 0. The standard InChI is InChI=1S/C19H23NO/c1-2-12-21-19-11-7-6-10-18(19)20-17-13-16(14-17)15-8-4-3-5-9-15/h3-11,16-17,20H,2,12-14H2,1H3. The molecular formula is C19H23NO. The highest BCUT2D eigenvalue weighted by molar-refractivity contribution is 5.57. The van der Waals surface area contributed by atoms with Gasteiger partial charge in [-0.25, -0.2) is 0 Å². The first-order valence-electron chi connectivity index (χ1n) is 7.90. The molecule has 2 nitrogen and oxygen atoms in total. The zero-order valence-electron chi connectivity index (χ0n) is 12.6. The van der Waals surface area contributed by atoms with Crippen LogP contribution in [0.15, 0.2) is 54.6 Å². The van der Waals surface area contributed by atoms with Crippen LogP contribution in [0.5, 0.6) is 5.75 Å². The van der Waals surface area contributed by atoms with Gasteiger partial charge in [0.25, 0.3) is 0 Å². The first-order chi connectivity index (χ1) is 10.4. The first-order valence-corrected chi connectivity index (χ1v) is 7.90. The Labute approximate surface area is 127 Å². The molecule has 0 unspecified atom stereocenters. The molecule has 110 valence electrons. The van der Waals surface area contributed by atoms with Gasteiger partial charge >= 0.3 is 0 Å². The molecule has 1 aliphatic carbocycles. The fraction of sp³-hybridized carbons (Fsp3) is 0.368. The summed E-state index contributed by atoms with van der Waals surface area (Å²) in [6, 6.07) is 19.6. The maximum atomic E-state index is 5.80. The summed E-state index contributed by atoms with van der Waals surface area (Å²) in [7, 11) is 0. The Balaban J connectivity index is 1.57. The minimum absolute atomic E-state index is 0.557. The lowest BCUT2D eigenvalue weighted by molar-refractivity contribution is 0.316. The fourth-order valence-electron chi connectivity index (χ4n) is 2.88. The summed E-state index contributed by atoms with van der Waals surface area (Å²) in [6.45, 7) is 2.91. The molecule has 1 aliphatic rings. The Bertz CT molecular complexity index is 561. The number of ether oxygens (including phenoxy) is 1. The monoisotopic (exact) mass is 281 g/mol. The third-order valence-corrected chi connectivity index (χ3v) is 4.12. The van der Waals surface area contributed by atoms with Gasteiger partial charge in [0.2, 0.25) is 0 Å². The lowest BCUT2D eigenvalue weighted by atomic mass is 9.76. The van der Waals surface area contributed by atoms with E-state index < -0.39 is 0 Å². The van der Waals surface area contributed by atoms with Gasteiger partial charge in [0.1, 0.15) is 5.75 Å². The van der Waals surface area contributed by atoms with Crippen LogP contribution in [0.3, 0.4) is 0 Å². The number of nitrogens with one attached hydrogen (secondary N) is 1. The number of benzene rings is 2. The van der Waals surface area contributed by atoms with Crippen LogP contribution in [0.4, 0.5) is 5.69 Å². The molecule has 0 radical (unpaired) electrons. The van der Waals surface area contributed by atoms with Crippen LogP contribution >= 0.6 is 0 Å². The minimum Gasteiger partial charge on any atom is -0.491 e. The van der Waals surface area contributed by atoms with Crippen molar-refractivity contribution in [1.82, 2.24) is 0 Å². The van der Waals surface area contributed by atoms with Crippen LogP contribution in [-0.4, -0.2) is 12.6 Å². The summed E-state index contributed by atoms with van der Waals surface area (Å²) in [5.74, 6) is 1.68. The smallest absolute Gasteiger partial charge is 0.142 e. The van der Waals surface area contributed by atoms with Crippen LogP contribution in [-0.2, 0) is 0 Å². The largest absolute Gasteiger partial charge is 0.491 e. The van der Waals surface area contributed by atoms with E-state index in [1.807, 2.05) is 12.1 Å². The average Bonchev–Trinajstić information content (AvgIpc) is 2.50. The zero-order chi connectivity index (χ0) is 14.5. The molecule has 1 fully saturated rings. The topological polar surface area (TPSA) is 21.3 Å². The van der Waals surface area contributed by atoms with Crippen molar-refractivity contribution in [3.63, 3.8) is 0 Å². The molecule has 0 atom stereocenters. The molecule has 0 amide bonds. The Kier molecular flexibility index (Phi) is 4.44. The van der Waals surface area contributed by atoms with Crippen molar-refractivity contribution in [2.75, 3.05) is 11.9 Å². The highest BCUT2D eigenvalue weighted by atomic mass is 16.5. The van der Waals surface area contributed by atoms with Crippen LogP contribution in [0, 0.1) is 0 Å². The number of para-hydroxylation sites is 2. The van der Waals surface area contributed by atoms with E-state index in [2.05, 4.69) is 54.7 Å². The van der Waals surface area contributed by atoms with E-state index in [9.17, 15) is 0 Å². The molecule has 0 spiro atoms. The van der Waals surface area contributed by atoms with Gasteiger partial charge in [0.15, 0.2) is 0 Å². The van der Waals surface area contributed by atoms with Crippen LogP contribution in [0.2, 0.25) is 0 Å². The van der Waals surface area contributed by atoms with Crippen molar-refractivity contribution in [2.45, 2.75) is 38.1 Å². The zero-order valence-corrected chi connectivity index (χ0v) is 12.6. The van der Waals surface area contributed by atoms with E-state index in [1.54, 1.807) is 0 Å². The van der Waals surface area contributed by atoms with Crippen molar-refractivity contribution in [3.05, 3.63) is 60.2 Å². The Hall–Kier alpha value is -1.96. The van der Waals surface area contributed by atoms with E-state index in [0.717, 1.165) is 24.5 Å². The molecule has 0 bridgehead atoms. The van der Waals surface area contributed by atoms with E-state index in [4.69, 9.17) is 4.74 Å². The quantitative estimate of drug-likeness (QED) is 0.818. The van der Waals surface area contributed by atoms with Crippen molar-refractivity contribution in [1.29, 1.82) is 0 Å². The summed E-state index contributed by atoms with van der Waals surface area (Å²) < 4.78 is 5.80. The second kappa shape index (κ2) is 6.66. The maximum Gasteiger partial charge on any atom is 0.142 e. The van der Waals surface area contributed by atoms with E-state index in [-0.39, 0.29) is 0 Å². The van der Waals surface area contributed by atoms with Crippen LogP contribution in [0.1, 0.15) is 37.7 Å². The fourth-order valence-corrected chi connectivity index (χ4v) is 2.88. The highest BCUT2D eigenvalue weighted by Gasteiger charge is 2.30. The van der Waals surface area contributed by atoms with E-state index in [0.29, 0.717) is 12.0 Å². The predicted molar refractivity (Wildman–Crippen MR) is 88.1 cm³/mol. The van der Waals surface area contributed by atoms with E-state index in [1.165, 1.54) is 18.4 Å². The first kappa shape index (κ1) is 14.0. The summed E-state index contributed by atoms with van der Waals surface area (Å²) >= 11 is 0. The number of hydrogen-bond acceptors (Lipinski definition) is 2. The van der Waals surface area contributed by atoms with Crippen LogP contribution < -0.4 is 10.1 Å². The SMILES string of the molecule is CCCOc1ccccc1NC1CC(c2ccccc2)C1.